The monoisotopic (exact) mass is 233 g/mol. The number of aldehydes is 1. The molecule has 1 aliphatic heterocycles. The molecule has 1 amide bonds. The number of nitrogens with zero attached hydrogens (tertiary/aromatic N) is 2. The summed E-state index contributed by atoms with van der Waals surface area (Å²) in [6.07, 6.45) is 4.25. The van der Waals surface area contributed by atoms with Gasteiger partial charge in [-0.3, -0.25) is 4.79 Å². The molecule has 5 nitrogen and oxygen atoms in total. The number of carbonyl (C=O) groups excluding carboxylic acids is 2. The maximum atomic E-state index is 10.9. The van der Waals surface area contributed by atoms with E-state index >= 15 is 0 Å². The molecule has 90 valence electrons. The first kappa shape index (κ1) is 11.6. The lowest BCUT2D eigenvalue weighted by Gasteiger charge is -2.30. The number of pyridine rings is 1. The van der Waals surface area contributed by atoms with Gasteiger partial charge in [-0.2, -0.15) is 0 Å². The van der Waals surface area contributed by atoms with E-state index in [0.29, 0.717) is 5.56 Å². The Bertz CT molecular complexity index is 408. The summed E-state index contributed by atoms with van der Waals surface area (Å²) in [6.45, 7) is 1.65. The number of carbonyl (C=O) groups is 2. The molecule has 0 spiro atoms. The SMILES string of the molecule is NC(=O)c1ccc(N2CCC(C=O)CC2)nc1. The molecule has 1 fully saturated rings. The van der Waals surface area contributed by atoms with Gasteiger partial charge in [0.2, 0.25) is 5.91 Å². The van der Waals surface area contributed by atoms with Gasteiger partial charge in [0.1, 0.15) is 12.1 Å². The maximum Gasteiger partial charge on any atom is 0.250 e. The maximum absolute atomic E-state index is 10.9. The van der Waals surface area contributed by atoms with E-state index in [1.165, 1.54) is 6.20 Å². The van der Waals surface area contributed by atoms with Gasteiger partial charge in [-0.15, -0.1) is 0 Å². The van der Waals surface area contributed by atoms with Crippen molar-refractivity contribution in [2.45, 2.75) is 12.8 Å². The smallest absolute Gasteiger partial charge is 0.250 e. The molecule has 1 aromatic heterocycles. The van der Waals surface area contributed by atoms with Crippen molar-refractivity contribution < 1.29 is 9.59 Å². The van der Waals surface area contributed by atoms with Crippen LogP contribution in [0.4, 0.5) is 5.82 Å². The molecule has 0 atom stereocenters. The average Bonchev–Trinajstić information content (AvgIpc) is 2.39. The average molecular weight is 233 g/mol. The number of hydrogen-bond donors (Lipinski definition) is 1. The highest BCUT2D eigenvalue weighted by Gasteiger charge is 2.19. The van der Waals surface area contributed by atoms with Gasteiger partial charge in [0, 0.05) is 25.2 Å². The Morgan fingerprint density at radius 2 is 2.12 bits per heavy atom. The number of primary amides is 1. The number of anilines is 1. The van der Waals surface area contributed by atoms with E-state index in [2.05, 4.69) is 9.88 Å². The Morgan fingerprint density at radius 3 is 2.59 bits per heavy atom. The third-order valence-corrected chi connectivity index (χ3v) is 3.09. The van der Waals surface area contributed by atoms with Gasteiger partial charge in [0.15, 0.2) is 0 Å². The number of aromatic nitrogens is 1. The Balaban J connectivity index is 2.03. The van der Waals surface area contributed by atoms with Gasteiger partial charge in [0.05, 0.1) is 5.56 Å². The Hall–Kier alpha value is -1.91. The first-order chi connectivity index (χ1) is 8.20. The first-order valence-corrected chi connectivity index (χ1v) is 5.67. The van der Waals surface area contributed by atoms with Crippen molar-refractivity contribution in [3.8, 4) is 0 Å². The van der Waals surface area contributed by atoms with Crippen molar-refractivity contribution >= 4 is 18.0 Å². The van der Waals surface area contributed by atoms with Crippen LogP contribution < -0.4 is 10.6 Å². The highest BCUT2D eigenvalue weighted by Crippen LogP contribution is 2.20. The fourth-order valence-corrected chi connectivity index (χ4v) is 1.98. The van der Waals surface area contributed by atoms with Gasteiger partial charge < -0.3 is 15.4 Å². The van der Waals surface area contributed by atoms with Crippen LogP contribution in [0.5, 0.6) is 0 Å². The molecule has 17 heavy (non-hydrogen) atoms. The zero-order valence-electron chi connectivity index (χ0n) is 9.50. The van der Waals surface area contributed by atoms with Crippen LogP contribution in [0.3, 0.4) is 0 Å². The van der Waals surface area contributed by atoms with Gasteiger partial charge in [-0.05, 0) is 25.0 Å². The molecule has 0 saturated carbocycles. The van der Waals surface area contributed by atoms with Crippen molar-refractivity contribution in [3.63, 3.8) is 0 Å². The van der Waals surface area contributed by atoms with E-state index in [1.807, 2.05) is 0 Å². The minimum absolute atomic E-state index is 0.177. The molecular formula is C12H15N3O2. The van der Waals surface area contributed by atoms with E-state index < -0.39 is 5.91 Å². The molecule has 1 saturated heterocycles. The summed E-state index contributed by atoms with van der Waals surface area (Å²) in [6, 6.07) is 3.47. The zero-order chi connectivity index (χ0) is 12.3. The summed E-state index contributed by atoms with van der Waals surface area (Å²) >= 11 is 0. The Labute approximate surface area is 99.6 Å². The van der Waals surface area contributed by atoms with Crippen LogP contribution in [0.15, 0.2) is 18.3 Å². The van der Waals surface area contributed by atoms with Gasteiger partial charge >= 0.3 is 0 Å². The van der Waals surface area contributed by atoms with Crippen LogP contribution in [0.25, 0.3) is 0 Å². The lowest BCUT2D eigenvalue weighted by molar-refractivity contribution is -0.111. The summed E-state index contributed by atoms with van der Waals surface area (Å²) in [5.41, 5.74) is 5.56. The van der Waals surface area contributed by atoms with Crippen LogP contribution in [-0.4, -0.2) is 30.3 Å². The second-order valence-electron chi connectivity index (χ2n) is 4.23. The number of rotatable bonds is 3. The summed E-state index contributed by atoms with van der Waals surface area (Å²) < 4.78 is 0. The molecule has 0 bridgehead atoms. The van der Waals surface area contributed by atoms with Crippen LogP contribution >= 0.6 is 0 Å². The summed E-state index contributed by atoms with van der Waals surface area (Å²) in [5.74, 6) is 0.541. The van der Waals surface area contributed by atoms with Gasteiger partial charge in [-0.1, -0.05) is 0 Å². The van der Waals surface area contributed by atoms with Crippen LogP contribution in [0.2, 0.25) is 0 Å². The van der Waals surface area contributed by atoms with E-state index in [4.69, 9.17) is 5.73 Å². The Kier molecular flexibility index (Phi) is 3.37. The number of amides is 1. The van der Waals surface area contributed by atoms with Crippen LogP contribution in [0, 0.1) is 5.92 Å². The van der Waals surface area contributed by atoms with Crippen molar-refractivity contribution in [1.29, 1.82) is 0 Å². The van der Waals surface area contributed by atoms with Crippen LogP contribution in [0.1, 0.15) is 23.2 Å². The third-order valence-electron chi connectivity index (χ3n) is 3.09. The highest BCUT2D eigenvalue weighted by atomic mass is 16.1. The normalized spacial score (nSPS) is 16.8. The summed E-state index contributed by atoms with van der Waals surface area (Å²) in [4.78, 5) is 27.9. The molecule has 0 unspecified atom stereocenters. The fraction of sp³-hybridized carbons (Fsp3) is 0.417. The molecule has 2 heterocycles. The van der Waals surface area contributed by atoms with E-state index in [9.17, 15) is 9.59 Å². The van der Waals surface area contributed by atoms with E-state index in [1.54, 1.807) is 12.1 Å². The van der Waals surface area contributed by atoms with Crippen molar-refractivity contribution in [3.05, 3.63) is 23.9 Å². The standard InChI is InChI=1S/C12H15N3O2/c13-12(17)10-1-2-11(14-7-10)15-5-3-9(8-16)4-6-15/h1-2,7-9H,3-6H2,(H2,13,17). The first-order valence-electron chi connectivity index (χ1n) is 5.67. The minimum atomic E-state index is -0.469. The number of hydrogen-bond acceptors (Lipinski definition) is 4. The fourth-order valence-electron chi connectivity index (χ4n) is 1.98. The van der Waals surface area contributed by atoms with Gasteiger partial charge in [-0.25, -0.2) is 4.98 Å². The van der Waals surface area contributed by atoms with Crippen LogP contribution in [-0.2, 0) is 4.79 Å². The molecule has 1 aromatic rings. The lowest BCUT2D eigenvalue weighted by atomic mass is 9.99. The molecule has 2 N–H and O–H groups in total. The molecular weight excluding hydrogens is 218 g/mol. The number of nitrogens with two attached hydrogens (primary N) is 1. The third kappa shape index (κ3) is 2.61. The highest BCUT2D eigenvalue weighted by molar-refractivity contribution is 5.92. The Morgan fingerprint density at radius 1 is 1.41 bits per heavy atom. The second kappa shape index (κ2) is 4.95. The molecule has 0 aromatic carbocycles. The van der Waals surface area contributed by atoms with Crippen molar-refractivity contribution in [2.24, 2.45) is 11.7 Å². The summed E-state index contributed by atoms with van der Waals surface area (Å²) in [5, 5.41) is 0. The topological polar surface area (TPSA) is 76.3 Å². The molecule has 0 aliphatic carbocycles. The molecule has 5 heteroatoms. The second-order valence-corrected chi connectivity index (χ2v) is 4.23. The number of piperidine rings is 1. The predicted molar refractivity (Wildman–Crippen MR) is 63.8 cm³/mol. The predicted octanol–water partition coefficient (Wildman–Crippen LogP) is 0.596. The minimum Gasteiger partial charge on any atom is -0.366 e. The largest absolute Gasteiger partial charge is 0.366 e. The van der Waals surface area contributed by atoms with E-state index in [-0.39, 0.29) is 5.92 Å². The quantitative estimate of drug-likeness (QED) is 0.775. The zero-order valence-corrected chi connectivity index (χ0v) is 9.50. The lowest BCUT2D eigenvalue weighted by Crippen LogP contribution is -2.34. The molecule has 1 aliphatic rings. The van der Waals surface area contributed by atoms with E-state index in [0.717, 1.165) is 38.0 Å². The van der Waals surface area contributed by atoms with Gasteiger partial charge in [0.25, 0.3) is 0 Å². The molecule has 0 radical (unpaired) electrons. The van der Waals surface area contributed by atoms with Crippen molar-refractivity contribution in [1.82, 2.24) is 4.98 Å². The summed E-state index contributed by atoms with van der Waals surface area (Å²) in [7, 11) is 0. The molecule has 2 rings (SSSR count). The van der Waals surface area contributed by atoms with Crippen molar-refractivity contribution in [2.75, 3.05) is 18.0 Å².